The predicted octanol–water partition coefficient (Wildman–Crippen LogP) is 1.78. The van der Waals surface area contributed by atoms with E-state index in [1.807, 2.05) is 62.5 Å². The van der Waals surface area contributed by atoms with Crippen molar-refractivity contribution in [1.82, 2.24) is 10.2 Å². The van der Waals surface area contributed by atoms with Crippen molar-refractivity contribution in [3.05, 3.63) is 59.7 Å². The van der Waals surface area contributed by atoms with E-state index >= 15 is 0 Å². The largest absolute Gasteiger partial charge is 0.432 e. The number of carbonyl (C=O) groups excluding carboxylic acids is 3. The van der Waals surface area contributed by atoms with E-state index in [9.17, 15) is 24.3 Å². The molecule has 5 rings (SSSR count). The first kappa shape index (κ1) is 28.4. The van der Waals surface area contributed by atoms with Crippen molar-refractivity contribution in [3.8, 4) is 0 Å². The molecule has 10 nitrogen and oxygen atoms in total. The first-order valence-corrected chi connectivity index (χ1v) is 16.9. The molecule has 11 heteroatoms. The Hall–Kier alpha value is -3.09. The Bertz CT molecular complexity index is 1290. The summed E-state index contributed by atoms with van der Waals surface area (Å²) in [6.45, 7) is 7.28. The van der Waals surface area contributed by atoms with Gasteiger partial charge in [-0.25, -0.2) is 0 Å². The first-order valence-electron chi connectivity index (χ1n) is 13.9. The molecule has 4 N–H and O–H groups in total. The van der Waals surface area contributed by atoms with Crippen molar-refractivity contribution < 1.29 is 29.0 Å². The van der Waals surface area contributed by atoms with Crippen molar-refractivity contribution >= 4 is 37.4 Å². The molecule has 0 aliphatic carbocycles. The highest BCUT2D eigenvalue weighted by Gasteiger charge is 2.65. The second kappa shape index (κ2) is 11.1. The molecule has 2 aromatic rings. The van der Waals surface area contributed by atoms with Crippen LogP contribution in [-0.4, -0.2) is 79.7 Å². The van der Waals surface area contributed by atoms with Crippen LogP contribution >= 0.6 is 0 Å². The van der Waals surface area contributed by atoms with Crippen molar-refractivity contribution in [1.29, 1.82) is 0 Å². The van der Waals surface area contributed by atoms with E-state index in [1.165, 1.54) is 0 Å². The summed E-state index contributed by atoms with van der Waals surface area (Å²) in [5.74, 6) is -1.01. The fraction of sp³-hybridized carbons (Fsp3) is 0.483. The molecule has 4 atom stereocenters. The fourth-order valence-corrected chi connectivity index (χ4v) is 9.20. The molecule has 2 aromatic carbocycles. The Morgan fingerprint density at radius 3 is 2.62 bits per heavy atom. The number of ether oxygens (including phenoxy) is 1. The standard InChI is InChI=1S/C29H38N4O6Si/c1-19-27(40(2,3)38)24(16-25(35)32(13-14-34)18-20-7-5-4-6-8-20)39-29(19)22-15-21(9-10-23(22)31-28(29)37)33-12-11-30-17-26(33)36/h4-10,15,19,24,27,30,34,38H,11-14,16-18H2,1-3H3,(H,31,37)/t19-,24+,27-,29+/m1/s1. The normalized spacial score (nSPS) is 26.2. The van der Waals surface area contributed by atoms with Crippen LogP contribution in [0.5, 0.6) is 0 Å². The van der Waals surface area contributed by atoms with Gasteiger partial charge in [-0.3, -0.25) is 14.4 Å². The lowest BCUT2D eigenvalue weighted by Gasteiger charge is -2.33. The number of aliphatic hydroxyl groups excluding tert-OH is 1. The third-order valence-electron chi connectivity index (χ3n) is 8.44. The Morgan fingerprint density at radius 1 is 1.20 bits per heavy atom. The lowest BCUT2D eigenvalue weighted by molar-refractivity contribution is -0.148. The zero-order valence-corrected chi connectivity index (χ0v) is 24.2. The van der Waals surface area contributed by atoms with Gasteiger partial charge in [0.25, 0.3) is 5.91 Å². The topological polar surface area (TPSA) is 131 Å². The van der Waals surface area contributed by atoms with Gasteiger partial charge in [0, 0.05) is 54.6 Å². The number of hydrogen-bond donors (Lipinski definition) is 4. The number of benzene rings is 2. The summed E-state index contributed by atoms with van der Waals surface area (Å²) in [5, 5.41) is 15.7. The van der Waals surface area contributed by atoms with Crippen LogP contribution < -0.4 is 15.5 Å². The van der Waals surface area contributed by atoms with E-state index in [0.29, 0.717) is 36.6 Å². The second-order valence-corrected chi connectivity index (χ2v) is 15.5. The highest BCUT2D eigenvalue weighted by atomic mass is 28.4. The number of rotatable bonds is 8. The maximum Gasteiger partial charge on any atom is 0.261 e. The Morgan fingerprint density at radius 2 is 1.95 bits per heavy atom. The lowest BCUT2D eigenvalue weighted by Crippen LogP contribution is -2.48. The Kier molecular flexibility index (Phi) is 7.86. The summed E-state index contributed by atoms with van der Waals surface area (Å²) < 4.78 is 6.66. The number of anilines is 2. The molecule has 0 unspecified atom stereocenters. The fourth-order valence-electron chi connectivity index (χ4n) is 6.65. The van der Waals surface area contributed by atoms with Gasteiger partial charge in [0.1, 0.15) is 0 Å². The molecule has 0 aromatic heterocycles. The third kappa shape index (κ3) is 5.08. The molecule has 3 heterocycles. The van der Waals surface area contributed by atoms with Crippen LogP contribution in [0.4, 0.5) is 11.4 Å². The van der Waals surface area contributed by atoms with Gasteiger partial charge in [0.05, 0.1) is 25.7 Å². The van der Waals surface area contributed by atoms with E-state index in [4.69, 9.17) is 4.74 Å². The molecule has 3 aliphatic rings. The average Bonchev–Trinajstić information content (AvgIpc) is 3.37. The molecule has 0 radical (unpaired) electrons. The lowest BCUT2D eigenvalue weighted by atomic mass is 9.82. The van der Waals surface area contributed by atoms with Crippen molar-refractivity contribution in [2.24, 2.45) is 5.92 Å². The summed E-state index contributed by atoms with van der Waals surface area (Å²) in [7, 11) is -2.94. The van der Waals surface area contributed by atoms with Gasteiger partial charge in [-0.2, -0.15) is 0 Å². The molecule has 1 spiro atoms. The van der Waals surface area contributed by atoms with Crippen molar-refractivity contribution in [3.63, 3.8) is 0 Å². The molecule has 0 bridgehead atoms. The van der Waals surface area contributed by atoms with E-state index in [0.717, 1.165) is 5.56 Å². The highest BCUT2D eigenvalue weighted by Crippen LogP contribution is 2.58. The number of fused-ring (bicyclic) bond motifs is 2. The van der Waals surface area contributed by atoms with Crippen LogP contribution in [0, 0.1) is 5.92 Å². The summed E-state index contributed by atoms with van der Waals surface area (Å²) in [6, 6.07) is 15.0. The SMILES string of the molecule is C[C@@H]1[C@@H]([Si](C)(C)O)[C@H](CC(=O)N(CCO)Cc2ccccc2)O[C@@]12C(=O)Nc1ccc(N3CCNCC3=O)cc12. The van der Waals surface area contributed by atoms with E-state index in [1.54, 1.807) is 15.9 Å². The Labute approximate surface area is 235 Å². The number of nitrogens with zero attached hydrogens (tertiary/aromatic N) is 2. The number of nitrogens with one attached hydrogen (secondary N) is 2. The summed E-state index contributed by atoms with van der Waals surface area (Å²) >= 11 is 0. The maximum atomic E-state index is 13.7. The minimum Gasteiger partial charge on any atom is -0.432 e. The van der Waals surface area contributed by atoms with Crippen molar-refractivity contribution in [2.75, 3.05) is 43.0 Å². The smallest absolute Gasteiger partial charge is 0.261 e. The molecule has 3 aliphatic heterocycles. The number of aliphatic hydroxyl groups is 1. The zero-order chi connectivity index (χ0) is 28.7. The quantitative estimate of drug-likeness (QED) is 0.358. The second-order valence-electron chi connectivity index (χ2n) is 11.5. The van der Waals surface area contributed by atoms with Gasteiger partial charge in [-0.05, 0) is 36.9 Å². The molecular formula is C29H38N4O6Si. The number of carbonyl (C=O) groups is 3. The summed E-state index contributed by atoms with van der Waals surface area (Å²) in [6.07, 6.45) is -0.730. The summed E-state index contributed by atoms with van der Waals surface area (Å²) in [5.41, 5.74) is 1.05. The van der Waals surface area contributed by atoms with Gasteiger partial charge in [-0.1, -0.05) is 37.3 Å². The number of hydrogen-bond acceptors (Lipinski definition) is 7. The van der Waals surface area contributed by atoms with Crippen LogP contribution in [0.2, 0.25) is 18.6 Å². The zero-order valence-electron chi connectivity index (χ0n) is 23.2. The van der Waals surface area contributed by atoms with Crippen LogP contribution in [0.25, 0.3) is 0 Å². The van der Waals surface area contributed by atoms with Crippen LogP contribution in [-0.2, 0) is 31.3 Å². The average molecular weight is 567 g/mol. The molecule has 0 saturated carbocycles. The maximum absolute atomic E-state index is 13.7. The van der Waals surface area contributed by atoms with E-state index in [-0.39, 0.29) is 43.8 Å². The molecule has 214 valence electrons. The minimum atomic E-state index is -2.94. The minimum absolute atomic E-state index is 0.0286. The van der Waals surface area contributed by atoms with Gasteiger partial charge < -0.3 is 35.1 Å². The molecule has 3 amide bonds. The van der Waals surface area contributed by atoms with Gasteiger partial charge >= 0.3 is 0 Å². The van der Waals surface area contributed by atoms with Crippen molar-refractivity contribution in [2.45, 2.75) is 50.2 Å². The van der Waals surface area contributed by atoms with E-state index in [2.05, 4.69) is 10.6 Å². The van der Waals surface area contributed by atoms with Crippen LogP contribution in [0.3, 0.4) is 0 Å². The molecule has 2 fully saturated rings. The Balaban J connectivity index is 1.47. The molecule has 40 heavy (non-hydrogen) atoms. The van der Waals surface area contributed by atoms with Gasteiger partial charge in [0.2, 0.25) is 11.8 Å². The predicted molar refractivity (Wildman–Crippen MR) is 153 cm³/mol. The van der Waals surface area contributed by atoms with Gasteiger partial charge in [-0.15, -0.1) is 0 Å². The first-order chi connectivity index (χ1) is 19.1. The number of amides is 3. The molecular weight excluding hydrogens is 528 g/mol. The van der Waals surface area contributed by atoms with Gasteiger partial charge in [0.15, 0.2) is 13.9 Å². The highest BCUT2D eigenvalue weighted by molar-refractivity contribution is 6.71. The monoisotopic (exact) mass is 566 g/mol. The van der Waals surface area contributed by atoms with E-state index < -0.39 is 31.5 Å². The number of piperazine rings is 1. The third-order valence-corrected chi connectivity index (χ3v) is 10.9. The van der Waals surface area contributed by atoms with Crippen LogP contribution in [0.15, 0.2) is 48.5 Å². The van der Waals surface area contributed by atoms with Crippen LogP contribution in [0.1, 0.15) is 24.5 Å². The summed E-state index contributed by atoms with van der Waals surface area (Å²) in [4.78, 5) is 54.6. The molecule has 2 saturated heterocycles.